The molecule has 1 amide bonds. The smallest absolute Gasteiger partial charge is 0.248 e. The highest BCUT2D eigenvalue weighted by molar-refractivity contribution is 6.30. The maximum atomic E-state index is 13.5. The first kappa shape index (κ1) is 15.1. The number of hydrogen-bond acceptors (Lipinski definition) is 2. The van der Waals surface area contributed by atoms with Gasteiger partial charge in [0.05, 0.1) is 12.8 Å². The molecule has 0 atom stereocenters. The van der Waals surface area contributed by atoms with Crippen LogP contribution in [0.25, 0.3) is 6.08 Å². The van der Waals surface area contributed by atoms with Crippen LogP contribution < -0.4 is 10.1 Å². The highest BCUT2D eigenvalue weighted by Gasteiger charge is 2.05. The van der Waals surface area contributed by atoms with Crippen LogP contribution in [0.3, 0.4) is 0 Å². The number of benzene rings is 2. The zero-order valence-electron chi connectivity index (χ0n) is 11.3. The van der Waals surface area contributed by atoms with Crippen LogP contribution in [-0.4, -0.2) is 13.0 Å². The van der Waals surface area contributed by atoms with Gasteiger partial charge in [-0.3, -0.25) is 4.79 Å². The van der Waals surface area contributed by atoms with E-state index in [0.717, 1.165) is 17.4 Å². The molecule has 21 heavy (non-hydrogen) atoms. The molecule has 0 aliphatic rings. The summed E-state index contributed by atoms with van der Waals surface area (Å²) in [4.78, 5) is 11.7. The molecule has 0 fully saturated rings. The molecule has 3 nitrogen and oxygen atoms in total. The minimum absolute atomic E-state index is 0.0868. The second kappa shape index (κ2) is 6.90. The van der Waals surface area contributed by atoms with E-state index in [9.17, 15) is 9.18 Å². The molecule has 2 aromatic rings. The van der Waals surface area contributed by atoms with Gasteiger partial charge in [0.15, 0.2) is 0 Å². The van der Waals surface area contributed by atoms with Gasteiger partial charge in [-0.2, -0.15) is 0 Å². The molecule has 0 radical (unpaired) electrons. The zero-order valence-corrected chi connectivity index (χ0v) is 12.0. The van der Waals surface area contributed by atoms with E-state index in [1.807, 2.05) is 12.1 Å². The van der Waals surface area contributed by atoms with Crippen LogP contribution in [0.2, 0.25) is 5.02 Å². The molecule has 108 valence electrons. The molecule has 2 aromatic carbocycles. The molecule has 0 aliphatic heterocycles. The van der Waals surface area contributed by atoms with E-state index < -0.39 is 11.7 Å². The van der Waals surface area contributed by atoms with Crippen LogP contribution in [-0.2, 0) is 4.79 Å². The summed E-state index contributed by atoms with van der Waals surface area (Å²) >= 11 is 5.64. The fourth-order valence-electron chi connectivity index (χ4n) is 1.65. The molecule has 0 aliphatic carbocycles. The number of carbonyl (C=O) groups is 1. The van der Waals surface area contributed by atoms with Crippen LogP contribution >= 0.6 is 11.6 Å². The number of halogens is 2. The number of anilines is 1. The molecule has 0 aromatic heterocycles. The Bertz CT molecular complexity index is 668. The van der Waals surface area contributed by atoms with Crippen LogP contribution in [0.4, 0.5) is 10.1 Å². The van der Waals surface area contributed by atoms with Gasteiger partial charge < -0.3 is 10.1 Å². The van der Waals surface area contributed by atoms with E-state index in [1.54, 1.807) is 25.3 Å². The first-order valence-corrected chi connectivity index (χ1v) is 6.54. The number of rotatable bonds is 4. The number of ether oxygens (including phenoxy) is 1. The fraction of sp³-hybridized carbons (Fsp3) is 0.0625. The normalized spacial score (nSPS) is 10.6. The zero-order chi connectivity index (χ0) is 15.2. The van der Waals surface area contributed by atoms with Gasteiger partial charge in [-0.25, -0.2) is 4.39 Å². The molecule has 0 heterocycles. The van der Waals surface area contributed by atoms with Gasteiger partial charge in [-0.15, -0.1) is 0 Å². The lowest BCUT2D eigenvalue weighted by molar-refractivity contribution is -0.111. The molecule has 0 saturated heterocycles. The first-order valence-electron chi connectivity index (χ1n) is 6.16. The van der Waals surface area contributed by atoms with E-state index in [0.29, 0.717) is 0 Å². The lowest BCUT2D eigenvalue weighted by Gasteiger charge is -2.04. The molecule has 1 N–H and O–H groups in total. The van der Waals surface area contributed by atoms with Crippen molar-refractivity contribution in [3.05, 3.63) is 64.9 Å². The van der Waals surface area contributed by atoms with Gasteiger partial charge in [0, 0.05) is 11.1 Å². The van der Waals surface area contributed by atoms with Crippen molar-refractivity contribution in [2.75, 3.05) is 12.4 Å². The second-order valence-corrected chi connectivity index (χ2v) is 4.66. The SMILES string of the molecule is COc1ccc(/C=C/C(=O)Nc2ccc(Cl)cc2F)cc1. The van der Waals surface area contributed by atoms with Crippen LogP contribution in [0.1, 0.15) is 5.56 Å². The summed E-state index contributed by atoms with van der Waals surface area (Å²) in [5.41, 5.74) is 0.923. The van der Waals surface area contributed by atoms with Crippen molar-refractivity contribution in [3.63, 3.8) is 0 Å². The van der Waals surface area contributed by atoms with E-state index in [2.05, 4.69) is 5.32 Å². The van der Waals surface area contributed by atoms with Crippen LogP contribution in [0, 0.1) is 5.82 Å². The van der Waals surface area contributed by atoms with E-state index in [4.69, 9.17) is 16.3 Å². The van der Waals surface area contributed by atoms with Crippen molar-refractivity contribution in [2.45, 2.75) is 0 Å². The van der Waals surface area contributed by atoms with Crippen LogP contribution in [0.5, 0.6) is 5.75 Å². The largest absolute Gasteiger partial charge is 0.497 e. The Morgan fingerprint density at radius 2 is 1.95 bits per heavy atom. The Labute approximate surface area is 127 Å². The lowest BCUT2D eigenvalue weighted by atomic mass is 10.2. The second-order valence-electron chi connectivity index (χ2n) is 4.22. The number of carbonyl (C=O) groups excluding carboxylic acids is 1. The van der Waals surface area contributed by atoms with E-state index in [1.165, 1.54) is 18.2 Å². The fourth-order valence-corrected chi connectivity index (χ4v) is 1.81. The summed E-state index contributed by atoms with van der Waals surface area (Å²) in [6, 6.07) is 11.3. The monoisotopic (exact) mass is 305 g/mol. The van der Waals surface area contributed by atoms with Gasteiger partial charge in [0.1, 0.15) is 11.6 Å². The minimum atomic E-state index is -0.575. The van der Waals surface area contributed by atoms with Crippen molar-refractivity contribution in [2.24, 2.45) is 0 Å². The number of methoxy groups -OCH3 is 1. The molecule has 0 saturated carbocycles. The summed E-state index contributed by atoms with van der Waals surface area (Å²) in [6.07, 6.45) is 2.96. The predicted octanol–water partition coefficient (Wildman–Crippen LogP) is 4.14. The van der Waals surface area contributed by atoms with Crippen molar-refractivity contribution >= 4 is 29.3 Å². The summed E-state index contributed by atoms with van der Waals surface area (Å²) in [6.45, 7) is 0. The Balaban J connectivity index is 2.01. The quantitative estimate of drug-likeness (QED) is 0.862. The topological polar surface area (TPSA) is 38.3 Å². The number of hydrogen-bond donors (Lipinski definition) is 1. The van der Waals surface area contributed by atoms with E-state index >= 15 is 0 Å². The average molecular weight is 306 g/mol. The predicted molar refractivity (Wildman–Crippen MR) is 82.1 cm³/mol. The molecule has 0 spiro atoms. The Kier molecular flexibility index (Phi) is 4.95. The summed E-state index contributed by atoms with van der Waals surface area (Å²) < 4.78 is 18.6. The van der Waals surface area contributed by atoms with Gasteiger partial charge >= 0.3 is 0 Å². The lowest BCUT2D eigenvalue weighted by Crippen LogP contribution is -2.09. The maximum absolute atomic E-state index is 13.5. The Hall–Kier alpha value is -2.33. The third kappa shape index (κ3) is 4.33. The molecular weight excluding hydrogens is 293 g/mol. The average Bonchev–Trinajstić information content (AvgIpc) is 2.48. The summed E-state index contributed by atoms with van der Waals surface area (Å²) in [5.74, 6) is -0.263. The van der Waals surface area contributed by atoms with Gasteiger partial charge in [0.25, 0.3) is 0 Å². The highest BCUT2D eigenvalue weighted by Crippen LogP contribution is 2.19. The number of amides is 1. The van der Waals surface area contributed by atoms with Gasteiger partial charge in [-0.1, -0.05) is 23.7 Å². The van der Waals surface area contributed by atoms with Crippen molar-refractivity contribution in [1.29, 1.82) is 0 Å². The van der Waals surface area contributed by atoms with Gasteiger partial charge in [-0.05, 0) is 42.0 Å². The van der Waals surface area contributed by atoms with Gasteiger partial charge in [0.2, 0.25) is 5.91 Å². The van der Waals surface area contributed by atoms with E-state index in [-0.39, 0.29) is 10.7 Å². The minimum Gasteiger partial charge on any atom is -0.497 e. The van der Waals surface area contributed by atoms with Crippen molar-refractivity contribution in [3.8, 4) is 5.75 Å². The highest BCUT2D eigenvalue weighted by atomic mass is 35.5. The summed E-state index contributed by atoms with van der Waals surface area (Å²) in [5, 5.41) is 2.72. The Morgan fingerprint density at radius 1 is 1.24 bits per heavy atom. The van der Waals surface area contributed by atoms with Crippen LogP contribution in [0.15, 0.2) is 48.5 Å². The molecule has 0 unspecified atom stereocenters. The first-order chi connectivity index (χ1) is 10.1. The third-order valence-corrected chi connectivity index (χ3v) is 2.97. The number of nitrogens with one attached hydrogen (secondary N) is 1. The molecular formula is C16H13ClFNO2. The molecule has 0 bridgehead atoms. The standard InChI is InChI=1S/C16H13ClFNO2/c1-21-13-6-2-11(3-7-13)4-9-16(20)19-15-8-5-12(17)10-14(15)18/h2-10H,1H3,(H,19,20)/b9-4+. The molecule has 5 heteroatoms. The van der Waals surface area contributed by atoms with Crippen molar-refractivity contribution < 1.29 is 13.9 Å². The maximum Gasteiger partial charge on any atom is 0.248 e. The third-order valence-electron chi connectivity index (χ3n) is 2.73. The summed E-state index contributed by atoms with van der Waals surface area (Å²) in [7, 11) is 1.58. The Morgan fingerprint density at radius 3 is 2.57 bits per heavy atom. The molecule has 2 rings (SSSR count). The van der Waals surface area contributed by atoms with Crippen molar-refractivity contribution in [1.82, 2.24) is 0 Å².